The molecule has 7 nitrogen and oxygen atoms in total. The van der Waals surface area contributed by atoms with E-state index in [9.17, 15) is 9.59 Å². The Bertz CT molecular complexity index is 1470. The highest BCUT2D eigenvalue weighted by molar-refractivity contribution is 7.13. The third-order valence-corrected chi connectivity index (χ3v) is 6.47. The molecule has 0 spiro atoms. The summed E-state index contributed by atoms with van der Waals surface area (Å²) in [5, 5.41) is 8.79. The Morgan fingerprint density at radius 2 is 1.74 bits per heavy atom. The molecule has 5 rings (SSSR count). The summed E-state index contributed by atoms with van der Waals surface area (Å²) in [7, 11) is 0. The number of hydrogen-bond acceptors (Lipinski definition) is 5. The minimum Gasteiger partial charge on any atom is -0.349 e. The predicted octanol–water partition coefficient (Wildman–Crippen LogP) is 5.10. The predicted molar refractivity (Wildman–Crippen MR) is 139 cm³/mol. The molecule has 174 valence electrons. The Labute approximate surface area is 206 Å². The maximum atomic E-state index is 12.9. The first-order chi connectivity index (χ1) is 17.1. The van der Waals surface area contributed by atoms with Crippen LogP contribution in [-0.4, -0.2) is 26.3 Å². The van der Waals surface area contributed by atoms with Crippen molar-refractivity contribution in [3.8, 4) is 21.7 Å². The van der Waals surface area contributed by atoms with Crippen LogP contribution < -0.4 is 10.6 Å². The Morgan fingerprint density at radius 3 is 2.43 bits per heavy atom. The van der Waals surface area contributed by atoms with Crippen molar-refractivity contribution in [3.63, 3.8) is 0 Å². The number of nitrogens with one attached hydrogen (secondary N) is 2. The largest absolute Gasteiger partial charge is 0.349 e. The van der Waals surface area contributed by atoms with Crippen LogP contribution in [-0.2, 0) is 22.7 Å². The van der Waals surface area contributed by atoms with Gasteiger partial charge in [-0.2, -0.15) is 0 Å². The maximum Gasteiger partial charge on any atom is 0.240 e. The molecule has 0 atom stereocenters. The summed E-state index contributed by atoms with van der Waals surface area (Å²) >= 11 is 1.66. The highest BCUT2D eigenvalue weighted by Gasteiger charge is 2.14. The Morgan fingerprint density at radius 1 is 0.943 bits per heavy atom. The van der Waals surface area contributed by atoms with Crippen LogP contribution in [0.4, 0.5) is 5.82 Å². The van der Waals surface area contributed by atoms with Crippen molar-refractivity contribution in [3.05, 3.63) is 90.2 Å². The molecule has 0 saturated heterocycles. The molecule has 5 aromatic rings. The lowest BCUT2D eigenvalue weighted by molar-refractivity contribution is -0.121. The number of thiophene rings is 1. The third kappa shape index (κ3) is 5.12. The lowest BCUT2D eigenvalue weighted by atomic mass is 10.1. The highest BCUT2D eigenvalue weighted by Crippen LogP contribution is 2.31. The van der Waals surface area contributed by atoms with Crippen LogP contribution in [0.3, 0.4) is 0 Å². The molecular formula is C27H23N5O2S. The van der Waals surface area contributed by atoms with Gasteiger partial charge >= 0.3 is 0 Å². The average molecular weight is 482 g/mol. The number of para-hydroxylation sites is 1. The molecule has 0 fully saturated rings. The number of carbonyl (C=O) groups is 2. The number of fused-ring (bicyclic) bond motifs is 1. The van der Waals surface area contributed by atoms with E-state index in [2.05, 4.69) is 43.4 Å². The fourth-order valence-corrected chi connectivity index (χ4v) is 4.67. The van der Waals surface area contributed by atoms with Gasteiger partial charge < -0.3 is 15.2 Å². The van der Waals surface area contributed by atoms with E-state index in [1.807, 2.05) is 47.8 Å². The Balaban J connectivity index is 1.25. The normalized spacial score (nSPS) is 10.9. The summed E-state index contributed by atoms with van der Waals surface area (Å²) in [6.07, 6.45) is 3.45. The number of rotatable bonds is 7. The van der Waals surface area contributed by atoms with Crippen molar-refractivity contribution in [2.45, 2.75) is 20.0 Å². The molecule has 8 heteroatoms. The number of aromatic nitrogens is 3. The van der Waals surface area contributed by atoms with E-state index in [4.69, 9.17) is 0 Å². The number of benzene rings is 1. The minimum absolute atomic E-state index is 0.0761. The van der Waals surface area contributed by atoms with Crippen LogP contribution in [0.2, 0.25) is 0 Å². The van der Waals surface area contributed by atoms with Gasteiger partial charge in [-0.25, -0.2) is 4.98 Å². The first-order valence-electron chi connectivity index (χ1n) is 11.1. The topological polar surface area (TPSA) is 88.9 Å². The van der Waals surface area contributed by atoms with E-state index in [1.165, 1.54) is 6.92 Å². The minimum atomic E-state index is -0.161. The van der Waals surface area contributed by atoms with Gasteiger partial charge in [-0.15, -0.1) is 11.3 Å². The lowest BCUT2D eigenvalue weighted by Gasteiger charge is -2.11. The SMILES string of the molecule is CC(=O)Nc1ccc(-c2ccc(CNC(=O)Cn3c(-c4cccs4)cc4ccccc43)nc2)cn1. The number of amides is 2. The van der Waals surface area contributed by atoms with Gasteiger partial charge in [-0.3, -0.25) is 14.6 Å². The van der Waals surface area contributed by atoms with E-state index in [0.29, 0.717) is 12.4 Å². The van der Waals surface area contributed by atoms with Crippen LogP contribution in [0.25, 0.3) is 32.6 Å². The number of anilines is 1. The summed E-state index contributed by atoms with van der Waals surface area (Å²) in [5.74, 6) is 0.269. The first-order valence-corrected chi connectivity index (χ1v) is 12.0. The standard InChI is InChI=1S/C27H23N5O2S/c1-18(33)31-26-11-9-21(15-29-26)20-8-10-22(28-14-20)16-30-27(34)17-32-23-6-3-2-5-19(23)13-24(32)25-7-4-12-35-25/h2-15H,16-17H2,1H3,(H,30,34)(H,29,31,33). The van der Waals surface area contributed by atoms with E-state index in [-0.39, 0.29) is 18.4 Å². The number of pyridine rings is 2. The summed E-state index contributed by atoms with van der Waals surface area (Å²) < 4.78 is 2.06. The molecule has 35 heavy (non-hydrogen) atoms. The molecule has 2 amide bonds. The van der Waals surface area contributed by atoms with Crippen LogP contribution in [0.5, 0.6) is 0 Å². The van der Waals surface area contributed by atoms with Crippen molar-refractivity contribution in [2.75, 3.05) is 5.32 Å². The van der Waals surface area contributed by atoms with Gasteiger partial charge in [0.2, 0.25) is 11.8 Å². The van der Waals surface area contributed by atoms with Crippen LogP contribution in [0, 0.1) is 0 Å². The van der Waals surface area contributed by atoms with Crippen molar-refractivity contribution in [1.29, 1.82) is 0 Å². The fourth-order valence-electron chi connectivity index (χ4n) is 3.92. The zero-order valence-corrected chi connectivity index (χ0v) is 19.9. The van der Waals surface area contributed by atoms with Gasteiger partial charge in [0.05, 0.1) is 22.8 Å². The molecule has 1 aromatic carbocycles. The van der Waals surface area contributed by atoms with Crippen molar-refractivity contribution >= 4 is 39.9 Å². The van der Waals surface area contributed by atoms with Crippen molar-refractivity contribution < 1.29 is 9.59 Å². The lowest BCUT2D eigenvalue weighted by Crippen LogP contribution is -2.27. The van der Waals surface area contributed by atoms with E-state index in [1.54, 1.807) is 29.8 Å². The molecule has 0 saturated carbocycles. The molecule has 0 aliphatic heterocycles. The van der Waals surface area contributed by atoms with Crippen molar-refractivity contribution in [2.24, 2.45) is 0 Å². The average Bonchev–Trinajstić information content (AvgIpc) is 3.52. The number of carbonyl (C=O) groups excluding carboxylic acids is 2. The molecule has 0 radical (unpaired) electrons. The summed E-state index contributed by atoms with van der Waals surface area (Å²) in [6.45, 7) is 2.01. The number of nitrogens with zero attached hydrogens (tertiary/aromatic N) is 3. The first kappa shape index (κ1) is 22.5. The zero-order valence-electron chi connectivity index (χ0n) is 19.1. The van der Waals surface area contributed by atoms with E-state index >= 15 is 0 Å². The van der Waals surface area contributed by atoms with Crippen LogP contribution in [0.15, 0.2) is 84.5 Å². The molecule has 2 N–H and O–H groups in total. The molecule has 0 bridgehead atoms. The molecule has 4 aromatic heterocycles. The molecule has 0 aliphatic carbocycles. The quantitative estimate of drug-likeness (QED) is 0.338. The Kier molecular flexibility index (Phi) is 6.36. The second-order valence-corrected chi connectivity index (χ2v) is 9.03. The van der Waals surface area contributed by atoms with Crippen molar-refractivity contribution in [1.82, 2.24) is 19.9 Å². The number of hydrogen-bond donors (Lipinski definition) is 2. The fraction of sp³-hybridized carbons (Fsp3) is 0.111. The maximum absolute atomic E-state index is 12.9. The Hall–Kier alpha value is -4.30. The van der Waals surface area contributed by atoms with E-state index < -0.39 is 0 Å². The third-order valence-electron chi connectivity index (χ3n) is 5.58. The molecule has 0 aliphatic rings. The van der Waals surface area contributed by atoms with E-state index in [0.717, 1.165) is 38.3 Å². The zero-order chi connectivity index (χ0) is 24.2. The van der Waals surface area contributed by atoms with Crippen LogP contribution >= 0.6 is 11.3 Å². The highest BCUT2D eigenvalue weighted by atomic mass is 32.1. The monoisotopic (exact) mass is 481 g/mol. The summed E-state index contributed by atoms with van der Waals surface area (Å²) in [6, 6.07) is 21.8. The summed E-state index contributed by atoms with van der Waals surface area (Å²) in [5.41, 5.74) is 4.63. The second-order valence-electron chi connectivity index (χ2n) is 8.08. The molecule has 4 heterocycles. The van der Waals surface area contributed by atoms with Gasteiger partial charge in [0.15, 0.2) is 0 Å². The van der Waals surface area contributed by atoms with Gasteiger partial charge in [0.25, 0.3) is 0 Å². The van der Waals surface area contributed by atoms with Gasteiger partial charge in [-0.05, 0) is 41.8 Å². The van der Waals surface area contributed by atoms with Crippen LogP contribution in [0.1, 0.15) is 12.6 Å². The van der Waals surface area contributed by atoms with Gasteiger partial charge in [0.1, 0.15) is 12.4 Å². The molecular weight excluding hydrogens is 458 g/mol. The smallest absolute Gasteiger partial charge is 0.240 e. The van der Waals surface area contributed by atoms with Gasteiger partial charge in [0, 0.05) is 41.3 Å². The molecule has 0 unspecified atom stereocenters. The summed E-state index contributed by atoms with van der Waals surface area (Å²) in [4.78, 5) is 33.8. The second kappa shape index (κ2) is 9.90. The van der Waals surface area contributed by atoms with Gasteiger partial charge in [-0.1, -0.05) is 30.3 Å².